The van der Waals surface area contributed by atoms with Crippen molar-refractivity contribution in [2.75, 3.05) is 26.2 Å². The van der Waals surface area contributed by atoms with Crippen molar-refractivity contribution in [3.63, 3.8) is 0 Å². The molecule has 0 saturated carbocycles. The molecule has 0 spiro atoms. The maximum Gasteiger partial charge on any atom is 0.239 e. The van der Waals surface area contributed by atoms with Crippen LogP contribution in [0.15, 0.2) is 54.6 Å². The molecule has 3 rings (SSSR count). The fourth-order valence-corrected chi connectivity index (χ4v) is 3.51. The maximum absolute atomic E-state index is 12.7. The third-order valence-corrected chi connectivity index (χ3v) is 5.09. The second-order valence-corrected chi connectivity index (χ2v) is 7.31. The fraction of sp³-hybridized carbons (Fsp3) is 0.381. The zero-order chi connectivity index (χ0) is 18.4. The van der Waals surface area contributed by atoms with Crippen LogP contribution in [-0.4, -0.2) is 47.9 Å². The first-order chi connectivity index (χ1) is 12.6. The van der Waals surface area contributed by atoms with Crippen molar-refractivity contribution in [1.82, 2.24) is 9.80 Å². The SMILES string of the molecule is Cl.Cl.NC(Cc1ccccc1)C(=O)N1CCCN(Cc2ccc(Cl)cc2)CC1. The first kappa shape index (κ1) is 24.7. The highest BCUT2D eigenvalue weighted by molar-refractivity contribution is 6.30. The van der Waals surface area contributed by atoms with Crippen molar-refractivity contribution >= 4 is 42.3 Å². The molecule has 1 fully saturated rings. The van der Waals surface area contributed by atoms with Crippen LogP contribution in [0.3, 0.4) is 0 Å². The zero-order valence-corrected chi connectivity index (χ0v) is 18.2. The van der Waals surface area contributed by atoms with Crippen LogP contribution < -0.4 is 5.73 Å². The van der Waals surface area contributed by atoms with Crippen LogP contribution in [0.5, 0.6) is 0 Å². The number of carbonyl (C=O) groups excluding carboxylic acids is 1. The van der Waals surface area contributed by atoms with Crippen LogP contribution in [-0.2, 0) is 17.8 Å². The van der Waals surface area contributed by atoms with Gasteiger partial charge in [0.1, 0.15) is 0 Å². The van der Waals surface area contributed by atoms with E-state index in [9.17, 15) is 4.79 Å². The van der Waals surface area contributed by atoms with Crippen molar-refractivity contribution in [2.45, 2.75) is 25.4 Å². The highest BCUT2D eigenvalue weighted by Gasteiger charge is 2.24. The number of nitrogens with two attached hydrogens (primary N) is 1. The number of nitrogens with zero attached hydrogens (tertiary/aromatic N) is 2. The molecule has 154 valence electrons. The van der Waals surface area contributed by atoms with Gasteiger partial charge in [0, 0.05) is 37.7 Å². The Morgan fingerprint density at radius 3 is 2.29 bits per heavy atom. The summed E-state index contributed by atoms with van der Waals surface area (Å²) >= 11 is 5.95. The van der Waals surface area contributed by atoms with Crippen LogP contribution in [0, 0.1) is 0 Å². The number of benzene rings is 2. The molecule has 1 atom stereocenters. The van der Waals surface area contributed by atoms with Crippen molar-refractivity contribution < 1.29 is 4.79 Å². The fourth-order valence-electron chi connectivity index (χ4n) is 3.39. The summed E-state index contributed by atoms with van der Waals surface area (Å²) in [5.41, 5.74) is 8.54. The van der Waals surface area contributed by atoms with E-state index in [0.717, 1.165) is 49.7 Å². The Labute approximate surface area is 184 Å². The molecule has 28 heavy (non-hydrogen) atoms. The molecule has 1 amide bonds. The van der Waals surface area contributed by atoms with Gasteiger partial charge in [0.25, 0.3) is 0 Å². The Morgan fingerprint density at radius 1 is 0.929 bits per heavy atom. The monoisotopic (exact) mass is 443 g/mol. The van der Waals surface area contributed by atoms with Gasteiger partial charge in [-0.15, -0.1) is 24.8 Å². The van der Waals surface area contributed by atoms with Gasteiger partial charge >= 0.3 is 0 Å². The molecule has 2 N–H and O–H groups in total. The normalized spacial score (nSPS) is 15.7. The van der Waals surface area contributed by atoms with Crippen LogP contribution in [0.2, 0.25) is 5.02 Å². The third-order valence-electron chi connectivity index (χ3n) is 4.84. The van der Waals surface area contributed by atoms with Gasteiger partial charge in [-0.1, -0.05) is 54.1 Å². The Balaban J connectivity index is 0.00000196. The molecule has 0 bridgehead atoms. The first-order valence-corrected chi connectivity index (χ1v) is 9.55. The topological polar surface area (TPSA) is 49.6 Å². The first-order valence-electron chi connectivity index (χ1n) is 9.17. The summed E-state index contributed by atoms with van der Waals surface area (Å²) in [6.07, 6.45) is 1.56. The zero-order valence-electron chi connectivity index (χ0n) is 15.8. The molecule has 1 aliphatic heterocycles. The molecule has 0 radical (unpaired) electrons. The lowest BCUT2D eigenvalue weighted by atomic mass is 10.1. The molecule has 0 aromatic heterocycles. The largest absolute Gasteiger partial charge is 0.340 e. The lowest BCUT2D eigenvalue weighted by Crippen LogP contribution is -2.46. The number of hydrogen-bond donors (Lipinski definition) is 1. The highest BCUT2D eigenvalue weighted by atomic mass is 35.5. The lowest BCUT2D eigenvalue weighted by molar-refractivity contribution is -0.132. The molecule has 0 aliphatic carbocycles. The molecule has 4 nitrogen and oxygen atoms in total. The van der Waals surface area contributed by atoms with E-state index >= 15 is 0 Å². The maximum atomic E-state index is 12.7. The quantitative estimate of drug-likeness (QED) is 0.763. The lowest BCUT2D eigenvalue weighted by Gasteiger charge is -2.25. The van der Waals surface area contributed by atoms with Crippen molar-refractivity contribution in [1.29, 1.82) is 0 Å². The molecular formula is C21H28Cl3N3O. The summed E-state index contributed by atoms with van der Waals surface area (Å²) in [5, 5.41) is 0.758. The van der Waals surface area contributed by atoms with Crippen LogP contribution in [0.25, 0.3) is 0 Å². The Hall–Kier alpha value is -1.30. The predicted molar refractivity (Wildman–Crippen MR) is 121 cm³/mol. The van der Waals surface area contributed by atoms with Gasteiger partial charge in [-0.25, -0.2) is 0 Å². The number of amides is 1. The van der Waals surface area contributed by atoms with Crippen LogP contribution >= 0.6 is 36.4 Å². The number of rotatable bonds is 5. The number of carbonyl (C=O) groups is 1. The van der Waals surface area contributed by atoms with Crippen molar-refractivity contribution in [3.8, 4) is 0 Å². The van der Waals surface area contributed by atoms with E-state index in [0.29, 0.717) is 6.42 Å². The van der Waals surface area contributed by atoms with E-state index in [2.05, 4.69) is 17.0 Å². The second-order valence-electron chi connectivity index (χ2n) is 6.88. The number of hydrogen-bond acceptors (Lipinski definition) is 3. The van der Waals surface area contributed by atoms with Crippen LogP contribution in [0.4, 0.5) is 0 Å². The second kappa shape index (κ2) is 12.3. The Morgan fingerprint density at radius 2 is 1.61 bits per heavy atom. The van der Waals surface area contributed by atoms with Gasteiger partial charge < -0.3 is 10.6 Å². The van der Waals surface area contributed by atoms with Gasteiger partial charge in [-0.2, -0.15) is 0 Å². The molecule has 1 unspecified atom stereocenters. The molecule has 2 aromatic rings. The molecule has 1 aliphatic rings. The highest BCUT2D eigenvalue weighted by Crippen LogP contribution is 2.14. The van der Waals surface area contributed by atoms with E-state index in [1.807, 2.05) is 47.4 Å². The number of halogens is 3. The van der Waals surface area contributed by atoms with Gasteiger partial charge in [-0.3, -0.25) is 9.69 Å². The minimum Gasteiger partial charge on any atom is -0.340 e. The molecule has 1 heterocycles. The summed E-state index contributed by atoms with van der Waals surface area (Å²) < 4.78 is 0. The molecule has 1 saturated heterocycles. The van der Waals surface area contributed by atoms with Gasteiger partial charge in [-0.05, 0) is 36.1 Å². The average Bonchev–Trinajstić information content (AvgIpc) is 2.89. The average molecular weight is 445 g/mol. The van der Waals surface area contributed by atoms with E-state index in [1.165, 1.54) is 5.56 Å². The van der Waals surface area contributed by atoms with Crippen molar-refractivity contribution in [3.05, 3.63) is 70.7 Å². The standard InChI is InChI=1S/C21H26ClN3O.2ClH/c22-19-9-7-18(8-10-19)16-24-11-4-12-25(14-13-24)21(26)20(23)15-17-5-2-1-3-6-17;;/h1-3,5-10,20H,4,11-16,23H2;2*1H. The van der Waals surface area contributed by atoms with E-state index in [-0.39, 0.29) is 30.7 Å². The van der Waals surface area contributed by atoms with Crippen molar-refractivity contribution in [2.24, 2.45) is 5.73 Å². The summed E-state index contributed by atoms with van der Waals surface area (Å²) in [5.74, 6) is 0.0576. The van der Waals surface area contributed by atoms with Gasteiger partial charge in [0.15, 0.2) is 0 Å². The molecule has 2 aromatic carbocycles. The van der Waals surface area contributed by atoms with E-state index in [4.69, 9.17) is 17.3 Å². The van der Waals surface area contributed by atoms with E-state index < -0.39 is 6.04 Å². The van der Waals surface area contributed by atoms with Crippen LogP contribution in [0.1, 0.15) is 17.5 Å². The minimum atomic E-state index is -0.472. The van der Waals surface area contributed by atoms with Gasteiger partial charge in [0.05, 0.1) is 6.04 Å². The summed E-state index contributed by atoms with van der Waals surface area (Å²) in [6.45, 7) is 4.25. The Kier molecular flexibility index (Phi) is 10.9. The summed E-state index contributed by atoms with van der Waals surface area (Å²) in [4.78, 5) is 17.0. The molecule has 7 heteroatoms. The molecular weight excluding hydrogens is 417 g/mol. The summed E-state index contributed by atoms with van der Waals surface area (Å²) in [6, 6.07) is 17.5. The Bertz CT molecular complexity index is 713. The minimum absolute atomic E-state index is 0. The smallest absolute Gasteiger partial charge is 0.239 e. The van der Waals surface area contributed by atoms with E-state index in [1.54, 1.807) is 0 Å². The third kappa shape index (κ3) is 7.26. The predicted octanol–water partition coefficient (Wildman–Crippen LogP) is 3.79. The van der Waals surface area contributed by atoms with Gasteiger partial charge in [0.2, 0.25) is 5.91 Å². The summed E-state index contributed by atoms with van der Waals surface area (Å²) in [7, 11) is 0.